The first-order valence-electron chi connectivity index (χ1n) is 10.5. The molecule has 27 heavy (non-hydrogen) atoms. The van der Waals surface area contributed by atoms with E-state index in [1.807, 2.05) is 17.0 Å². The van der Waals surface area contributed by atoms with Crippen molar-refractivity contribution in [2.45, 2.75) is 51.9 Å². The van der Waals surface area contributed by atoms with Gasteiger partial charge in [-0.05, 0) is 67.6 Å². The molecule has 1 aliphatic carbocycles. The van der Waals surface area contributed by atoms with Crippen molar-refractivity contribution in [2.24, 2.45) is 11.3 Å². The summed E-state index contributed by atoms with van der Waals surface area (Å²) in [7, 11) is 0. The summed E-state index contributed by atoms with van der Waals surface area (Å²) >= 11 is 0. The Hall–Kier alpha value is -2.04. The van der Waals surface area contributed by atoms with Gasteiger partial charge in [-0.2, -0.15) is 0 Å². The Bertz CT molecular complexity index is 688. The smallest absolute Gasteiger partial charge is 0.321 e. The maximum atomic E-state index is 12.6. The number of likely N-dealkylation sites (tertiary alicyclic amines) is 2. The number of nitrogens with one attached hydrogen (secondary N) is 1. The lowest BCUT2D eigenvalue weighted by Gasteiger charge is -2.47. The monoisotopic (exact) mass is 369 g/mol. The average molecular weight is 370 g/mol. The molecule has 3 amide bonds. The third-order valence-electron chi connectivity index (χ3n) is 6.65. The van der Waals surface area contributed by atoms with E-state index in [4.69, 9.17) is 0 Å². The fraction of sp³-hybridized carbons (Fsp3) is 0.636. The number of carbonyl (C=O) groups is 2. The predicted octanol–water partition coefficient (Wildman–Crippen LogP) is 3.90. The molecule has 1 saturated carbocycles. The van der Waals surface area contributed by atoms with Gasteiger partial charge in [-0.1, -0.05) is 19.1 Å². The van der Waals surface area contributed by atoms with Crippen molar-refractivity contribution in [1.82, 2.24) is 9.80 Å². The molecule has 3 fully saturated rings. The quantitative estimate of drug-likeness (QED) is 0.875. The molecule has 3 aliphatic rings. The number of nitrogens with zero attached hydrogens (tertiary/aromatic N) is 2. The molecule has 2 aliphatic heterocycles. The number of amides is 3. The first kappa shape index (κ1) is 18.3. The molecule has 5 heteroatoms. The zero-order valence-electron chi connectivity index (χ0n) is 16.4. The summed E-state index contributed by atoms with van der Waals surface area (Å²) in [5, 5.41) is 3.03. The molecule has 1 aromatic rings. The summed E-state index contributed by atoms with van der Waals surface area (Å²) < 4.78 is 0. The van der Waals surface area contributed by atoms with Crippen LogP contribution < -0.4 is 5.32 Å². The third-order valence-corrected chi connectivity index (χ3v) is 6.65. The number of hydrogen-bond donors (Lipinski definition) is 1. The first-order valence-corrected chi connectivity index (χ1v) is 10.5. The molecule has 146 valence electrons. The molecule has 1 aromatic carbocycles. The van der Waals surface area contributed by atoms with Gasteiger partial charge in [0.2, 0.25) is 5.91 Å². The van der Waals surface area contributed by atoms with Gasteiger partial charge in [0.15, 0.2) is 0 Å². The number of urea groups is 1. The Morgan fingerprint density at radius 1 is 1.15 bits per heavy atom. The van der Waals surface area contributed by atoms with Crippen LogP contribution in [-0.2, 0) is 11.2 Å². The van der Waals surface area contributed by atoms with Gasteiger partial charge in [-0.15, -0.1) is 0 Å². The summed E-state index contributed by atoms with van der Waals surface area (Å²) in [5.41, 5.74) is 2.36. The summed E-state index contributed by atoms with van der Waals surface area (Å²) in [6, 6.07) is 8.08. The molecular weight excluding hydrogens is 338 g/mol. The minimum Gasteiger partial charge on any atom is -0.342 e. The van der Waals surface area contributed by atoms with Gasteiger partial charge in [0.05, 0.1) is 0 Å². The minimum atomic E-state index is -0.00387. The number of piperidine rings is 2. The Morgan fingerprint density at radius 2 is 1.85 bits per heavy atom. The predicted molar refractivity (Wildman–Crippen MR) is 107 cm³/mol. The number of anilines is 1. The highest BCUT2D eigenvalue weighted by molar-refractivity contribution is 5.89. The van der Waals surface area contributed by atoms with Crippen molar-refractivity contribution in [1.29, 1.82) is 0 Å². The maximum Gasteiger partial charge on any atom is 0.321 e. The maximum absolute atomic E-state index is 12.6. The third kappa shape index (κ3) is 4.28. The van der Waals surface area contributed by atoms with Crippen molar-refractivity contribution in [2.75, 3.05) is 31.5 Å². The van der Waals surface area contributed by atoms with Crippen molar-refractivity contribution in [3.05, 3.63) is 29.8 Å². The molecule has 1 spiro atoms. The van der Waals surface area contributed by atoms with Crippen LogP contribution in [0.1, 0.15) is 51.0 Å². The number of carbonyl (C=O) groups excluding carboxylic acids is 2. The summed E-state index contributed by atoms with van der Waals surface area (Å²) in [4.78, 5) is 28.9. The van der Waals surface area contributed by atoms with Gasteiger partial charge in [-0.25, -0.2) is 4.79 Å². The fourth-order valence-corrected chi connectivity index (χ4v) is 4.50. The first-order chi connectivity index (χ1) is 13.1. The van der Waals surface area contributed by atoms with Crippen molar-refractivity contribution in [3.8, 4) is 0 Å². The summed E-state index contributed by atoms with van der Waals surface area (Å²) in [6.45, 7) is 5.55. The highest BCUT2D eigenvalue weighted by atomic mass is 16.2. The van der Waals surface area contributed by atoms with E-state index >= 15 is 0 Å². The van der Waals surface area contributed by atoms with Crippen molar-refractivity contribution in [3.63, 3.8) is 0 Å². The zero-order valence-corrected chi connectivity index (χ0v) is 16.4. The van der Waals surface area contributed by atoms with Gasteiger partial charge in [0.25, 0.3) is 0 Å². The fourth-order valence-electron chi connectivity index (χ4n) is 4.50. The largest absolute Gasteiger partial charge is 0.342 e. The molecule has 5 nitrogen and oxygen atoms in total. The lowest BCUT2D eigenvalue weighted by Crippen LogP contribution is -2.53. The van der Waals surface area contributed by atoms with Crippen LogP contribution in [-0.4, -0.2) is 47.9 Å². The molecule has 4 rings (SSSR count). The van der Waals surface area contributed by atoms with Gasteiger partial charge in [-0.3, -0.25) is 4.79 Å². The highest BCUT2D eigenvalue weighted by Crippen LogP contribution is 2.41. The molecule has 2 heterocycles. The van der Waals surface area contributed by atoms with Crippen LogP contribution in [0.3, 0.4) is 0 Å². The molecule has 0 bridgehead atoms. The Labute approximate surface area is 162 Å². The van der Waals surface area contributed by atoms with E-state index in [0.29, 0.717) is 12.3 Å². The van der Waals surface area contributed by atoms with Crippen LogP contribution in [0, 0.1) is 11.3 Å². The lowest BCUT2D eigenvalue weighted by molar-refractivity contribution is -0.139. The van der Waals surface area contributed by atoms with E-state index in [1.54, 1.807) is 0 Å². The molecule has 1 N–H and O–H groups in total. The lowest BCUT2D eigenvalue weighted by atomic mass is 9.72. The van der Waals surface area contributed by atoms with Gasteiger partial charge < -0.3 is 15.1 Å². The minimum absolute atomic E-state index is 0.00387. The van der Waals surface area contributed by atoms with Gasteiger partial charge in [0.1, 0.15) is 0 Å². The zero-order chi connectivity index (χ0) is 18.9. The van der Waals surface area contributed by atoms with Gasteiger partial charge >= 0.3 is 6.03 Å². The van der Waals surface area contributed by atoms with E-state index in [9.17, 15) is 9.59 Å². The number of benzene rings is 1. The van der Waals surface area contributed by atoms with Crippen LogP contribution in [0.15, 0.2) is 24.3 Å². The van der Waals surface area contributed by atoms with E-state index in [-0.39, 0.29) is 11.4 Å². The van der Waals surface area contributed by atoms with Gasteiger partial charge in [0, 0.05) is 38.3 Å². The molecule has 0 atom stereocenters. The van der Waals surface area contributed by atoms with Crippen LogP contribution in [0.2, 0.25) is 0 Å². The second-order valence-corrected chi connectivity index (χ2v) is 8.69. The second-order valence-electron chi connectivity index (χ2n) is 8.69. The van der Waals surface area contributed by atoms with E-state index in [2.05, 4.69) is 29.3 Å². The van der Waals surface area contributed by atoms with Crippen LogP contribution in [0.25, 0.3) is 0 Å². The number of aryl methyl sites for hydroxylation is 1. The highest BCUT2D eigenvalue weighted by Gasteiger charge is 2.42. The van der Waals surface area contributed by atoms with Crippen LogP contribution in [0.4, 0.5) is 10.5 Å². The average Bonchev–Trinajstić information content (AvgIpc) is 3.50. The molecule has 0 aromatic heterocycles. The van der Waals surface area contributed by atoms with Crippen molar-refractivity contribution < 1.29 is 9.59 Å². The number of rotatable bonds is 4. The van der Waals surface area contributed by atoms with Crippen molar-refractivity contribution >= 4 is 17.6 Å². The molecule has 0 unspecified atom stereocenters. The summed E-state index contributed by atoms with van der Waals surface area (Å²) in [6.07, 6.45) is 7.24. The SMILES string of the molecule is CCc1ccc(NC(=O)N2CCC3(CCC(=O)N(CC4CC4)C3)CC2)cc1. The summed E-state index contributed by atoms with van der Waals surface area (Å²) in [5.74, 6) is 1.08. The van der Waals surface area contributed by atoms with Crippen LogP contribution >= 0.6 is 0 Å². The topological polar surface area (TPSA) is 52.7 Å². The normalized spacial score (nSPS) is 22.2. The molecule has 0 radical (unpaired) electrons. The van der Waals surface area contributed by atoms with E-state index in [1.165, 1.54) is 18.4 Å². The van der Waals surface area contributed by atoms with E-state index < -0.39 is 0 Å². The Morgan fingerprint density at radius 3 is 2.48 bits per heavy atom. The Kier molecular flexibility index (Phi) is 5.11. The molecular formula is C22H31N3O2. The van der Waals surface area contributed by atoms with E-state index in [0.717, 1.165) is 63.5 Å². The van der Waals surface area contributed by atoms with Crippen LogP contribution in [0.5, 0.6) is 0 Å². The second kappa shape index (κ2) is 7.53. The number of hydrogen-bond acceptors (Lipinski definition) is 2. The standard InChI is InChI=1S/C22H31N3O2/c1-2-17-5-7-19(8-6-17)23-21(27)24-13-11-22(12-14-24)10-9-20(26)25(16-22)15-18-3-4-18/h5-8,18H,2-4,9-16H2,1H3,(H,23,27). The Balaban J connectivity index is 1.30. The molecule has 2 saturated heterocycles.